The van der Waals surface area contributed by atoms with Crippen molar-refractivity contribution in [2.24, 2.45) is 11.3 Å². The summed E-state index contributed by atoms with van der Waals surface area (Å²) in [7, 11) is 0. The van der Waals surface area contributed by atoms with Crippen LogP contribution >= 0.6 is 12.6 Å². The molecule has 0 amide bonds. The molecule has 0 rings (SSSR count). The zero-order chi connectivity index (χ0) is 13.5. The molecule has 0 aromatic heterocycles. The number of hydrogen-bond acceptors (Lipinski definition) is 5. The van der Waals surface area contributed by atoms with E-state index < -0.39 is 5.41 Å². The fourth-order valence-electron chi connectivity index (χ4n) is 1.64. The summed E-state index contributed by atoms with van der Waals surface area (Å²) in [6.07, 6.45) is 1.05. The topological polar surface area (TPSA) is 52.6 Å². The molecule has 0 aliphatic carbocycles. The second-order valence-corrected chi connectivity index (χ2v) is 4.59. The molecule has 2 unspecified atom stereocenters. The molecular weight excluding hydrogens is 240 g/mol. The van der Waals surface area contributed by atoms with Crippen molar-refractivity contribution in [2.45, 2.75) is 40.5 Å². The quantitative estimate of drug-likeness (QED) is 0.435. The second-order valence-electron chi connectivity index (χ2n) is 4.33. The van der Waals surface area contributed by atoms with Crippen molar-refractivity contribution in [3.05, 3.63) is 0 Å². The lowest BCUT2D eigenvalue weighted by Crippen LogP contribution is -2.33. The van der Waals surface area contributed by atoms with Crippen molar-refractivity contribution >= 4 is 24.6 Å². The number of carbonyl (C=O) groups excluding carboxylic acids is 2. The highest BCUT2D eigenvalue weighted by Crippen LogP contribution is 2.31. The SMILES string of the molecule is CCOC(=O)C(C)(CC)CC(C)C(=O)OCS. The second kappa shape index (κ2) is 7.58. The van der Waals surface area contributed by atoms with E-state index in [9.17, 15) is 9.59 Å². The standard InChI is InChI=1S/C12H22O4S/c1-5-12(4,11(14)15-6-2)7-9(3)10(13)16-8-17/h9,17H,5-8H2,1-4H3. The predicted molar refractivity (Wildman–Crippen MR) is 68.8 cm³/mol. The average Bonchev–Trinajstić information content (AvgIpc) is 2.29. The summed E-state index contributed by atoms with van der Waals surface area (Å²) in [6.45, 7) is 7.60. The molecule has 0 N–H and O–H groups in total. The predicted octanol–water partition coefficient (Wildman–Crippen LogP) is 2.42. The zero-order valence-electron chi connectivity index (χ0n) is 11.0. The molecular formula is C12H22O4S. The van der Waals surface area contributed by atoms with Gasteiger partial charge in [0.1, 0.15) is 5.94 Å². The summed E-state index contributed by atoms with van der Waals surface area (Å²) in [5.41, 5.74) is -0.634. The molecule has 0 heterocycles. The Labute approximate surface area is 108 Å². The molecule has 100 valence electrons. The summed E-state index contributed by atoms with van der Waals surface area (Å²) in [5, 5.41) is 0. The van der Waals surface area contributed by atoms with Gasteiger partial charge in [0.2, 0.25) is 0 Å². The van der Waals surface area contributed by atoms with Crippen LogP contribution in [0.15, 0.2) is 0 Å². The van der Waals surface area contributed by atoms with Gasteiger partial charge >= 0.3 is 11.9 Å². The number of ether oxygens (including phenoxy) is 2. The van der Waals surface area contributed by atoms with Crippen LogP contribution in [0.2, 0.25) is 0 Å². The highest BCUT2D eigenvalue weighted by molar-refractivity contribution is 7.80. The number of esters is 2. The van der Waals surface area contributed by atoms with Crippen LogP contribution in [0.3, 0.4) is 0 Å². The molecule has 0 radical (unpaired) electrons. The van der Waals surface area contributed by atoms with Gasteiger partial charge in [0.25, 0.3) is 0 Å². The van der Waals surface area contributed by atoms with Gasteiger partial charge in [0.05, 0.1) is 17.9 Å². The number of rotatable bonds is 7. The minimum Gasteiger partial charge on any atom is -0.466 e. The Balaban J connectivity index is 4.56. The third-order valence-corrected chi connectivity index (χ3v) is 3.04. The third-order valence-electron chi connectivity index (χ3n) is 2.91. The zero-order valence-corrected chi connectivity index (χ0v) is 11.9. The van der Waals surface area contributed by atoms with Crippen molar-refractivity contribution in [3.8, 4) is 0 Å². The molecule has 2 atom stereocenters. The Bertz CT molecular complexity index is 267. The van der Waals surface area contributed by atoms with Crippen LogP contribution in [-0.4, -0.2) is 24.5 Å². The van der Waals surface area contributed by atoms with E-state index in [2.05, 4.69) is 12.6 Å². The van der Waals surface area contributed by atoms with Gasteiger partial charge in [0, 0.05) is 0 Å². The van der Waals surface area contributed by atoms with Crippen molar-refractivity contribution < 1.29 is 19.1 Å². The third kappa shape index (κ3) is 4.98. The molecule has 0 aliphatic heterocycles. The number of thiol groups is 1. The number of hydrogen-bond donors (Lipinski definition) is 1. The average molecular weight is 262 g/mol. The highest BCUT2D eigenvalue weighted by atomic mass is 32.1. The van der Waals surface area contributed by atoms with Crippen LogP contribution in [0.25, 0.3) is 0 Å². The van der Waals surface area contributed by atoms with E-state index in [0.29, 0.717) is 19.4 Å². The molecule has 0 aromatic rings. The Hall–Kier alpha value is -0.710. The Kier molecular flexibility index (Phi) is 7.27. The molecule has 0 aliphatic rings. The van der Waals surface area contributed by atoms with E-state index in [1.54, 1.807) is 13.8 Å². The van der Waals surface area contributed by atoms with Gasteiger partial charge in [-0.3, -0.25) is 9.59 Å². The first-order chi connectivity index (χ1) is 7.91. The molecule has 0 saturated carbocycles. The molecule has 17 heavy (non-hydrogen) atoms. The van der Waals surface area contributed by atoms with Crippen LogP contribution in [0, 0.1) is 11.3 Å². The van der Waals surface area contributed by atoms with Crippen molar-refractivity contribution in [3.63, 3.8) is 0 Å². The van der Waals surface area contributed by atoms with Gasteiger partial charge in [-0.15, -0.1) is 12.6 Å². The molecule has 5 heteroatoms. The van der Waals surface area contributed by atoms with Gasteiger partial charge in [-0.25, -0.2) is 0 Å². The maximum atomic E-state index is 11.8. The van der Waals surface area contributed by atoms with Crippen LogP contribution in [0.5, 0.6) is 0 Å². The van der Waals surface area contributed by atoms with Gasteiger partial charge in [-0.2, -0.15) is 0 Å². The maximum Gasteiger partial charge on any atom is 0.311 e. The van der Waals surface area contributed by atoms with Crippen LogP contribution in [0.1, 0.15) is 40.5 Å². The lowest BCUT2D eigenvalue weighted by atomic mass is 9.79. The van der Waals surface area contributed by atoms with Gasteiger partial charge < -0.3 is 9.47 Å². The summed E-state index contributed by atoms with van der Waals surface area (Å²) in [4.78, 5) is 23.3. The Morgan fingerprint density at radius 2 is 1.88 bits per heavy atom. The van der Waals surface area contributed by atoms with Gasteiger partial charge in [-0.05, 0) is 26.7 Å². The number of carbonyl (C=O) groups is 2. The molecule has 0 bridgehead atoms. The first-order valence-electron chi connectivity index (χ1n) is 5.86. The molecule has 0 saturated heterocycles. The summed E-state index contributed by atoms with van der Waals surface area (Å²) < 4.78 is 9.84. The Morgan fingerprint density at radius 1 is 1.29 bits per heavy atom. The minimum atomic E-state index is -0.634. The van der Waals surface area contributed by atoms with E-state index >= 15 is 0 Å². The first kappa shape index (κ1) is 16.3. The molecule has 0 aromatic carbocycles. The van der Waals surface area contributed by atoms with E-state index in [-0.39, 0.29) is 23.8 Å². The fourth-order valence-corrected chi connectivity index (χ4v) is 1.77. The monoisotopic (exact) mass is 262 g/mol. The fraction of sp³-hybridized carbons (Fsp3) is 0.833. The van der Waals surface area contributed by atoms with Gasteiger partial charge in [-0.1, -0.05) is 13.8 Å². The Morgan fingerprint density at radius 3 is 2.29 bits per heavy atom. The molecule has 4 nitrogen and oxygen atoms in total. The van der Waals surface area contributed by atoms with Crippen LogP contribution < -0.4 is 0 Å². The normalized spacial score (nSPS) is 15.8. The minimum absolute atomic E-state index is 0.0609. The van der Waals surface area contributed by atoms with E-state index in [1.165, 1.54) is 0 Å². The van der Waals surface area contributed by atoms with Gasteiger partial charge in [0.15, 0.2) is 0 Å². The van der Waals surface area contributed by atoms with E-state index in [4.69, 9.17) is 9.47 Å². The first-order valence-corrected chi connectivity index (χ1v) is 6.49. The van der Waals surface area contributed by atoms with Crippen molar-refractivity contribution in [2.75, 3.05) is 12.5 Å². The lowest BCUT2D eigenvalue weighted by Gasteiger charge is -2.27. The van der Waals surface area contributed by atoms with Crippen LogP contribution in [0.4, 0.5) is 0 Å². The smallest absolute Gasteiger partial charge is 0.311 e. The molecule has 0 spiro atoms. The highest BCUT2D eigenvalue weighted by Gasteiger charge is 2.36. The summed E-state index contributed by atoms with van der Waals surface area (Å²) in [5.74, 6) is -0.862. The summed E-state index contributed by atoms with van der Waals surface area (Å²) in [6, 6.07) is 0. The van der Waals surface area contributed by atoms with Crippen molar-refractivity contribution in [1.29, 1.82) is 0 Å². The lowest BCUT2D eigenvalue weighted by molar-refractivity contribution is -0.157. The summed E-state index contributed by atoms with van der Waals surface area (Å²) >= 11 is 3.83. The van der Waals surface area contributed by atoms with E-state index in [0.717, 1.165) is 0 Å². The van der Waals surface area contributed by atoms with Crippen LogP contribution in [-0.2, 0) is 19.1 Å². The van der Waals surface area contributed by atoms with E-state index in [1.807, 2.05) is 13.8 Å². The molecule has 0 fully saturated rings. The largest absolute Gasteiger partial charge is 0.466 e. The maximum absolute atomic E-state index is 11.8. The van der Waals surface area contributed by atoms with Crippen molar-refractivity contribution in [1.82, 2.24) is 0 Å².